The Morgan fingerprint density at radius 1 is 1.27 bits per heavy atom. The molecule has 1 aromatic carbocycles. The van der Waals surface area contributed by atoms with E-state index in [1.165, 1.54) is 19.1 Å². The van der Waals surface area contributed by atoms with E-state index in [4.69, 9.17) is 4.74 Å². The molecule has 0 saturated carbocycles. The summed E-state index contributed by atoms with van der Waals surface area (Å²) in [7, 11) is -3.56. The predicted octanol–water partition coefficient (Wildman–Crippen LogP) is 2.97. The fourth-order valence-electron chi connectivity index (χ4n) is 4.35. The minimum absolute atomic E-state index is 0.0462. The van der Waals surface area contributed by atoms with Gasteiger partial charge in [-0.15, -0.1) is 0 Å². The number of hydrogen-bond donors (Lipinski definition) is 3. The van der Waals surface area contributed by atoms with E-state index in [2.05, 4.69) is 15.3 Å². The minimum atomic E-state index is -3.56. The molecule has 3 N–H and O–H groups in total. The van der Waals surface area contributed by atoms with Crippen molar-refractivity contribution in [3.8, 4) is 5.75 Å². The first-order chi connectivity index (χ1) is 15.6. The largest absolute Gasteiger partial charge is 0.493 e. The van der Waals surface area contributed by atoms with Crippen LogP contribution in [-0.2, 0) is 28.2 Å². The Bertz CT molecular complexity index is 1250. The lowest BCUT2D eigenvalue weighted by atomic mass is 9.76. The molecular weight excluding hydrogens is 452 g/mol. The molecule has 0 bridgehead atoms. The Labute approximate surface area is 191 Å². The van der Waals surface area contributed by atoms with Crippen LogP contribution in [0.5, 0.6) is 5.75 Å². The predicted molar refractivity (Wildman–Crippen MR) is 121 cm³/mol. The molecule has 0 amide bonds. The van der Waals surface area contributed by atoms with Crippen molar-refractivity contribution in [1.82, 2.24) is 15.3 Å². The van der Waals surface area contributed by atoms with Gasteiger partial charge < -0.3 is 14.8 Å². The number of sulfone groups is 1. The zero-order chi connectivity index (χ0) is 23.9. The highest BCUT2D eigenvalue weighted by atomic mass is 32.2. The van der Waals surface area contributed by atoms with Crippen LogP contribution in [0.1, 0.15) is 30.2 Å². The Kier molecular flexibility index (Phi) is 6.19. The summed E-state index contributed by atoms with van der Waals surface area (Å²) in [4.78, 5) is 7.23. The van der Waals surface area contributed by atoms with Crippen molar-refractivity contribution >= 4 is 20.7 Å². The number of aromatic nitrogens is 2. The number of pyridine rings is 1. The standard InChI is InChI=1S/C23H27F2N3O4S/c1-22(13-24,19-9-18(33(2,30)31)8-16-4-6-32-21(16)19)12-23(29,14-25)27-10-17-7-15-3-5-26-11-20(15)28-17/h3,5,7-9,11,27-29H,4,6,10,12-14H2,1-2H3. The van der Waals surface area contributed by atoms with Crippen LogP contribution in [0.2, 0.25) is 0 Å². The number of alkyl halides is 2. The fraction of sp³-hybridized carbons (Fsp3) is 0.435. The first-order valence-corrected chi connectivity index (χ1v) is 12.5. The lowest BCUT2D eigenvalue weighted by molar-refractivity contribution is -0.0458. The molecule has 2 aromatic heterocycles. The maximum atomic E-state index is 14.5. The average Bonchev–Trinajstić information content (AvgIpc) is 3.42. The number of rotatable bonds is 9. The van der Waals surface area contributed by atoms with Gasteiger partial charge in [0.25, 0.3) is 0 Å². The topological polar surface area (TPSA) is 104 Å². The van der Waals surface area contributed by atoms with Crippen LogP contribution < -0.4 is 10.1 Å². The van der Waals surface area contributed by atoms with Gasteiger partial charge in [-0.1, -0.05) is 6.92 Å². The Hall–Kier alpha value is -2.56. The van der Waals surface area contributed by atoms with Gasteiger partial charge in [-0.3, -0.25) is 14.7 Å². The molecule has 33 heavy (non-hydrogen) atoms. The molecular formula is C23H27F2N3O4S. The molecule has 0 fully saturated rings. The van der Waals surface area contributed by atoms with Crippen molar-refractivity contribution in [2.24, 2.45) is 0 Å². The fourth-order valence-corrected chi connectivity index (χ4v) is 5.03. The quantitative estimate of drug-likeness (QED) is 0.408. The summed E-state index contributed by atoms with van der Waals surface area (Å²) < 4.78 is 58.7. The van der Waals surface area contributed by atoms with Crippen molar-refractivity contribution in [1.29, 1.82) is 0 Å². The summed E-state index contributed by atoms with van der Waals surface area (Å²) in [5.41, 5.74) is -0.968. The third-order valence-electron chi connectivity index (χ3n) is 6.12. The van der Waals surface area contributed by atoms with E-state index in [-0.39, 0.29) is 17.9 Å². The lowest BCUT2D eigenvalue weighted by Gasteiger charge is -2.37. The molecule has 2 atom stereocenters. The van der Waals surface area contributed by atoms with E-state index >= 15 is 0 Å². The van der Waals surface area contributed by atoms with Gasteiger partial charge in [-0.2, -0.15) is 0 Å². The molecule has 0 spiro atoms. The molecule has 178 valence electrons. The molecule has 1 aliphatic rings. The third-order valence-corrected chi connectivity index (χ3v) is 7.21. The second-order valence-corrected chi connectivity index (χ2v) is 11.0. The van der Waals surface area contributed by atoms with Crippen molar-refractivity contribution in [3.05, 3.63) is 53.5 Å². The highest BCUT2D eigenvalue weighted by Gasteiger charge is 2.42. The molecule has 7 nitrogen and oxygen atoms in total. The monoisotopic (exact) mass is 479 g/mol. The van der Waals surface area contributed by atoms with E-state index < -0.39 is 34.3 Å². The SMILES string of the molecule is CC(CF)(CC(O)(CF)NCc1cc2ccncc2[nH]1)c1cc(S(C)(=O)=O)cc2c1OCC2. The minimum Gasteiger partial charge on any atom is -0.493 e. The number of nitrogens with zero attached hydrogens (tertiary/aromatic N) is 1. The van der Waals surface area contributed by atoms with Gasteiger partial charge in [0.2, 0.25) is 0 Å². The van der Waals surface area contributed by atoms with Gasteiger partial charge in [0.05, 0.1) is 29.9 Å². The van der Waals surface area contributed by atoms with E-state index in [0.717, 1.165) is 17.2 Å². The highest BCUT2D eigenvalue weighted by Crippen LogP contribution is 2.43. The van der Waals surface area contributed by atoms with Gasteiger partial charge in [-0.25, -0.2) is 12.8 Å². The van der Waals surface area contributed by atoms with Crippen LogP contribution in [0.15, 0.2) is 41.6 Å². The molecule has 3 aromatic rings. The third kappa shape index (κ3) is 4.73. The normalized spacial score (nSPS) is 17.4. The van der Waals surface area contributed by atoms with E-state index in [1.54, 1.807) is 12.4 Å². The summed E-state index contributed by atoms with van der Waals surface area (Å²) in [6.45, 7) is -0.126. The number of hydrogen-bond acceptors (Lipinski definition) is 6. The number of halogens is 2. The first kappa shape index (κ1) is 23.6. The summed E-state index contributed by atoms with van der Waals surface area (Å²) in [6.07, 6.45) is 4.56. The Balaban J connectivity index is 1.63. The van der Waals surface area contributed by atoms with Crippen molar-refractivity contribution in [2.45, 2.75) is 42.3 Å². The van der Waals surface area contributed by atoms with Crippen molar-refractivity contribution in [3.63, 3.8) is 0 Å². The van der Waals surface area contributed by atoms with Crippen LogP contribution in [0.3, 0.4) is 0 Å². The summed E-state index contributed by atoms with van der Waals surface area (Å²) >= 11 is 0. The lowest BCUT2D eigenvalue weighted by Crippen LogP contribution is -2.51. The maximum Gasteiger partial charge on any atom is 0.175 e. The van der Waals surface area contributed by atoms with Gasteiger partial charge >= 0.3 is 0 Å². The summed E-state index contributed by atoms with van der Waals surface area (Å²) in [5, 5.41) is 14.7. The van der Waals surface area contributed by atoms with Crippen LogP contribution >= 0.6 is 0 Å². The summed E-state index contributed by atoms with van der Waals surface area (Å²) in [6, 6.07) is 6.59. The van der Waals surface area contributed by atoms with Crippen molar-refractivity contribution in [2.75, 3.05) is 26.2 Å². The van der Waals surface area contributed by atoms with E-state index in [0.29, 0.717) is 35.6 Å². The second-order valence-electron chi connectivity index (χ2n) is 8.98. The first-order valence-electron chi connectivity index (χ1n) is 10.6. The smallest absolute Gasteiger partial charge is 0.175 e. The number of ether oxygens (including phenoxy) is 1. The molecule has 3 heterocycles. The van der Waals surface area contributed by atoms with Crippen LogP contribution in [-0.4, -0.2) is 55.4 Å². The number of benzene rings is 1. The highest BCUT2D eigenvalue weighted by molar-refractivity contribution is 7.90. The average molecular weight is 480 g/mol. The molecule has 2 unspecified atom stereocenters. The van der Waals surface area contributed by atoms with Gasteiger partial charge in [0.1, 0.15) is 18.1 Å². The van der Waals surface area contributed by atoms with Crippen LogP contribution in [0.4, 0.5) is 8.78 Å². The Morgan fingerprint density at radius 3 is 2.73 bits per heavy atom. The maximum absolute atomic E-state index is 14.5. The summed E-state index contributed by atoms with van der Waals surface area (Å²) in [5.74, 6) is 0.409. The number of H-pyrrole nitrogens is 1. The molecule has 0 aliphatic carbocycles. The van der Waals surface area contributed by atoms with Gasteiger partial charge in [0.15, 0.2) is 9.84 Å². The Morgan fingerprint density at radius 2 is 2.06 bits per heavy atom. The molecule has 1 aliphatic heterocycles. The number of nitrogens with one attached hydrogen (secondary N) is 2. The molecule has 0 saturated heterocycles. The second kappa shape index (κ2) is 8.66. The van der Waals surface area contributed by atoms with Gasteiger partial charge in [-0.05, 0) is 29.8 Å². The zero-order valence-corrected chi connectivity index (χ0v) is 19.3. The van der Waals surface area contributed by atoms with Crippen LogP contribution in [0.25, 0.3) is 10.9 Å². The van der Waals surface area contributed by atoms with Gasteiger partial charge in [0, 0.05) is 53.9 Å². The van der Waals surface area contributed by atoms with E-state index in [1.807, 2.05) is 12.1 Å². The van der Waals surface area contributed by atoms with Crippen molar-refractivity contribution < 1.29 is 27.0 Å². The van der Waals surface area contributed by atoms with Crippen LogP contribution in [0, 0.1) is 0 Å². The molecule has 0 radical (unpaired) electrons. The zero-order valence-electron chi connectivity index (χ0n) is 18.5. The number of aliphatic hydroxyl groups is 1. The molecule has 4 rings (SSSR count). The number of fused-ring (bicyclic) bond motifs is 2. The van der Waals surface area contributed by atoms with E-state index in [9.17, 15) is 22.3 Å². The molecule has 10 heteroatoms. The number of aromatic amines is 1.